The van der Waals surface area contributed by atoms with E-state index in [2.05, 4.69) is 27.3 Å². The van der Waals surface area contributed by atoms with E-state index < -0.39 is 0 Å². The van der Waals surface area contributed by atoms with Gasteiger partial charge in [-0.2, -0.15) is 0 Å². The highest BCUT2D eigenvalue weighted by Crippen LogP contribution is 2.24. The molecule has 0 radical (unpaired) electrons. The second-order valence-electron chi connectivity index (χ2n) is 7.02. The zero-order chi connectivity index (χ0) is 20.9. The smallest absolute Gasteiger partial charge is 0.228 e. The van der Waals surface area contributed by atoms with E-state index in [0.717, 1.165) is 41.0 Å². The van der Waals surface area contributed by atoms with Gasteiger partial charge in [-0.05, 0) is 42.5 Å². The Morgan fingerprint density at radius 1 is 1.17 bits per heavy atom. The molecule has 2 heterocycles. The lowest BCUT2D eigenvalue weighted by Gasteiger charge is -2.36. The van der Waals surface area contributed by atoms with E-state index in [1.165, 1.54) is 11.3 Å². The van der Waals surface area contributed by atoms with Crippen molar-refractivity contribution in [2.45, 2.75) is 6.42 Å². The molecule has 0 saturated carbocycles. The molecule has 2 aromatic carbocycles. The summed E-state index contributed by atoms with van der Waals surface area (Å²) in [5, 5.41) is 6.58. The van der Waals surface area contributed by atoms with Crippen LogP contribution < -0.4 is 15.0 Å². The highest BCUT2D eigenvalue weighted by Gasteiger charge is 2.22. The number of hydrogen-bond donors (Lipinski definition) is 1. The molecule has 1 amide bonds. The molecule has 1 aliphatic heterocycles. The SMILES string of the molecule is COc1ccc(N2CCN(C(=O)Cc3csc(Nc4cccc(Cl)c4)n3)CC2)cc1. The molecular weight excluding hydrogens is 420 g/mol. The summed E-state index contributed by atoms with van der Waals surface area (Å²) in [6.07, 6.45) is 0.316. The van der Waals surface area contributed by atoms with Gasteiger partial charge in [0.2, 0.25) is 5.91 Å². The maximum atomic E-state index is 12.7. The molecule has 1 saturated heterocycles. The number of aromatic nitrogens is 1. The number of methoxy groups -OCH3 is 1. The van der Waals surface area contributed by atoms with E-state index in [4.69, 9.17) is 16.3 Å². The van der Waals surface area contributed by atoms with Gasteiger partial charge in [-0.3, -0.25) is 4.79 Å². The van der Waals surface area contributed by atoms with Gasteiger partial charge in [0, 0.05) is 48.0 Å². The molecule has 30 heavy (non-hydrogen) atoms. The molecule has 1 aliphatic rings. The number of benzene rings is 2. The minimum Gasteiger partial charge on any atom is -0.497 e. The maximum absolute atomic E-state index is 12.7. The second-order valence-corrected chi connectivity index (χ2v) is 8.32. The number of thiazole rings is 1. The molecule has 8 heteroatoms. The normalized spacial score (nSPS) is 13.9. The maximum Gasteiger partial charge on any atom is 0.228 e. The molecule has 156 valence electrons. The van der Waals surface area contributed by atoms with E-state index in [1.54, 1.807) is 7.11 Å². The molecule has 0 unspecified atom stereocenters. The predicted octanol–water partition coefficient (Wildman–Crippen LogP) is 4.44. The molecule has 6 nitrogen and oxygen atoms in total. The van der Waals surface area contributed by atoms with Gasteiger partial charge in [0.05, 0.1) is 19.2 Å². The third kappa shape index (κ3) is 5.04. The lowest BCUT2D eigenvalue weighted by molar-refractivity contribution is -0.130. The number of nitrogens with one attached hydrogen (secondary N) is 1. The Labute approximate surface area is 185 Å². The van der Waals surface area contributed by atoms with Crippen LogP contribution in [-0.2, 0) is 11.2 Å². The summed E-state index contributed by atoms with van der Waals surface area (Å²) in [4.78, 5) is 21.5. The van der Waals surface area contributed by atoms with Crippen molar-refractivity contribution in [1.82, 2.24) is 9.88 Å². The largest absolute Gasteiger partial charge is 0.497 e. The van der Waals surface area contributed by atoms with E-state index in [9.17, 15) is 4.79 Å². The predicted molar refractivity (Wildman–Crippen MR) is 122 cm³/mol. The summed E-state index contributed by atoms with van der Waals surface area (Å²) in [6, 6.07) is 15.5. The Bertz CT molecular complexity index is 1000. The minimum absolute atomic E-state index is 0.115. The summed E-state index contributed by atoms with van der Waals surface area (Å²) < 4.78 is 5.21. The zero-order valence-corrected chi connectivity index (χ0v) is 18.2. The van der Waals surface area contributed by atoms with Crippen molar-refractivity contribution in [1.29, 1.82) is 0 Å². The van der Waals surface area contributed by atoms with Crippen LogP contribution in [0.1, 0.15) is 5.69 Å². The number of piperazine rings is 1. The van der Waals surface area contributed by atoms with Gasteiger partial charge in [-0.1, -0.05) is 17.7 Å². The monoisotopic (exact) mass is 442 g/mol. The number of ether oxygens (including phenoxy) is 1. The second kappa shape index (κ2) is 9.36. The Hall–Kier alpha value is -2.77. The molecular formula is C22H23ClN4O2S. The topological polar surface area (TPSA) is 57.7 Å². The van der Waals surface area contributed by atoms with Gasteiger partial charge in [0.15, 0.2) is 5.13 Å². The number of nitrogens with zero attached hydrogens (tertiary/aromatic N) is 3. The van der Waals surface area contributed by atoms with Gasteiger partial charge in [-0.25, -0.2) is 4.98 Å². The van der Waals surface area contributed by atoms with Crippen molar-refractivity contribution in [2.75, 3.05) is 43.5 Å². The van der Waals surface area contributed by atoms with Gasteiger partial charge in [0.25, 0.3) is 0 Å². The summed E-state index contributed by atoms with van der Waals surface area (Å²) in [5.41, 5.74) is 2.82. The Morgan fingerprint density at radius 3 is 2.63 bits per heavy atom. The number of carbonyl (C=O) groups is 1. The Balaban J connectivity index is 1.29. The van der Waals surface area contributed by atoms with Crippen molar-refractivity contribution in [3.8, 4) is 5.75 Å². The van der Waals surface area contributed by atoms with Gasteiger partial charge in [0.1, 0.15) is 5.75 Å². The molecule has 1 fully saturated rings. The third-order valence-electron chi connectivity index (χ3n) is 5.03. The van der Waals surface area contributed by atoms with Crippen LogP contribution in [0.2, 0.25) is 5.02 Å². The van der Waals surface area contributed by atoms with Crippen LogP contribution in [0.3, 0.4) is 0 Å². The van der Waals surface area contributed by atoms with Crippen molar-refractivity contribution < 1.29 is 9.53 Å². The first-order chi connectivity index (χ1) is 14.6. The van der Waals surface area contributed by atoms with Crippen LogP contribution in [0.15, 0.2) is 53.9 Å². The minimum atomic E-state index is 0.115. The van der Waals surface area contributed by atoms with Crippen LogP contribution in [0.25, 0.3) is 0 Å². The number of anilines is 3. The fourth-order valence-corrected chi connectivity index (χ4v) is 4.33. The summed E-state index contributed by atoms with van der Waals surface area (Å²) in [7, 11) is 1.66. The standard InChI is InChI=1S/C22H23ClN4O2S/c1-29-20-7-5-19(6-8-20)26-9-11-27(12-10-26)21(28)14-18-15-30-22(25-18)24-17-4-2-3-16(23)13-17/h2-8,13,15H,9-12,14H2,1H3,(H,24,25). The van der Waals surface area contributed by atoms with Crippen molar-refractivity contribution >= 4 is 45.4 Å². The highest BCUT2D eigenvalue weighted by atomic mass is 35.5. The number of carbonyl (C=O) groups excluding carboxylic acids is 1. The first-order valence-electron chi connectivity index (χ1n) is 9.74. The van der Waals surface area contributed by atoms with Crippen molar-refractivity contribution in [3.05, 3.63) is 64.6 Å². The lowest BCUT2D eigenvalue weighted by Crippen LogP contribution is -2.49. The van der Waals surface area contributed by atoms with Gasteiger partial charge in [-0.15, -0.1) is 11.3 Å². The third-order valence-corrected chi connectivity index (χ3v) is 6.07. The molecule has 0 aliphatic carbocycles. The molecule has 4 rings (SSSR count). The molecule has 1 aromatic heterocycles. The number of halogens is 1. The molecule has 0 atom stereocenters. The molecule has 0 spiro atoms. The summed E-state index contributed by atoms with van der Waals surface area (Å²) >= 11 is 7.50. The van der Waals surface area contributed by atoms with Gasteiger partial charge >= 0.3 is 0 Å². The summed E-state index contributed by atoms with van der Waals surface area (Å²) in [6.45, 7) is 3.05. The van der Waals surface area contributed by atoms with Crippen LogP contribution in [0, 0.1) is 0 Å². The molecule has 1 N–H and O–H groups in total. The average Bonchev–Trinajstić information content (AvgIpc) is 3.20. The quantitative estimate of drug-likeness (QED) is 0.611. The number of rotatable bonds is 6. The zero-order valence-electron chi connectivity index (χ0n) is 16.7. The average molecular weight is 443 g/mol. The first-order valence-corrected chi connectivity index (χ1v) is 11.0. The first kappa shape index (κ1) is 20.5. The van der Waals surface area contributed by atoms with Crippen molar-refractivity contribution in [2.24, 2.45) is 0 Å². The fraction of sp³-hybridized carbons (Fsp3) is 0.273. The number of amides is 1. The van der Waals surface area contributed by atoms with Crippen LogP contribution in [0.4, 0.5) is 16.5 Å². The van der Waals surface area contributed by atoms with E-state index >= 15 is 0 Å². The molecule has 3 aromatic rings. The van der Waals surface area contributed by atoms with E-state index in [1.807, 2.05) is 46.7 Å². The Kier molecular flexibility index (Phi) is 6.40. The van der Waals surface area contributed by atoms with Crippen LogP contribution >= 0.6 is 22.9 Å². The highest BCUT2D eigenvalue weighted by molar-refractivity contribution is 7.13. The number of hydrogen-bond acceptors (Lipinski definition) is 6. The van der Waals surface area contributed by atoms with E-state index in [0.29, 0.717) is 24.5 Å². The van der Waals surface area contributed by atoms with E-state index in [-0.39, 0.29) is 5.91 Å². The molecule has 0 bridgehead atoms. The lowest BCUT2D eigenvalue weighted by atomic mass is 10.2. The van der Waals surface area contributed by atoms with Crippen LogP contribution in [-0.4, -0.2) is 49.1 Å². The van der Waals surface area contributed by atoms with Crippen LogP contribution in [0.5, 0.6) is 5.75 Å². The summed E-state index contributed by atoms with van der Waals surface area (Å²) in [5.74, 6) is 0.962. The fourth-order valence-electron chi connectivity index (χ4n) is 3.41. The Morgan fingerprint density at radius 2 is 1.93 bits per heavy atom. The van der Waals surface area contributed by atoms with Crippen molar-refractivity contribution in [3.63, 3.8) is 0 Å². The van der Waals surface area contributed by atoms with Gasteiger partial charge < -0.3 is 19.9 Å².